The van der Waals surface area contributed by atoms with E-state index < -0.39 is 16.7 Å². The number of benzene rings is 1. The van der Waals surface area contributed by atoms with Crippen LogP contribution in [0.2, 0.25) is 0 Å². The van der Waals surface area contributed by atoms with Crippen molar-refractivity contribution >= 4 is 23.1 Å². The number of hydrogen-bond donors (Lipinski definition) is 1. The van der Waals surface area contributed by atoms with Crippen molar-refractivity contribution < 1.29 is 19.6 Å². The molecule has 0 atom stereocenters. The number of nitro benzene ring substituents is 1. The van der Waals surface area contributed by atoms with E-state index in [2.05, 4.69) is 0 Å². The van der Waals surface area contributed by atoms with Crippen molar-refractivity contribution in [2.75, 3.05) is 18.5 Å². The molecule has 1 aromatic rings. The van der Waals surface area contributed by atoms with Crippen LogP contribution in [0.15, 0.2) is 18.2 Å². The molecule has 0 heterocycles. The second-order valence-corrected chi connectivity index (χ2v) is 3.76. The lowest BCUT2D eigenvalue weighted by Crippen LogP contribution is -2.25. The predicted octanol–water partition coefficient (Wildman–Crippen LogP) is 1.32. The van der Waals surface area contributed by atoms with E-state index in [1.54, 1.807) is 0 Å². The molecule has 0 aliphatic heterocycles. The minimum Gasteiger partial charge on any atom is -0.480 e. The average molecular weight is 252 g/mol. The summed E-state index contributed by atoms with van der Waals surface area (Å²) in [5.41, 5.74) is 0.123. The lowest BCUT2D eigenvalue weighted by molar-refractivity contribution is -0.385. The molecule has 0 unspecified atom stereocenters. The van der Waals surface area contributed by atoms with Gasteiger partial charge in [0.15, 0.2) is 5.78 Å². The third kappa shape index (κ3) is 3.03. The zero-order chi connectivity index (χ0) is 13.9. The Labute approximate surface area is 103 Å². The number of carbonyl (C=O) groups is 2. The van der Waals surface area contributed by atoms with Gasteiger partial charge in [0.2, 0.25) is 0 Å². The summed E-state index contributed by atoms with van der Waals surface area (Å²) >= 11 is 0. The lowest BCUT2D eigenvalue weighted by atomic mass is 10.1. The number of carbonyl (C=O) groups excluding carboxylic acids is 1. The molecule has 1 N–H and O–H groups in total. The Morgan fingerprint density at radius 1 is 1.44 bits per heavy atom. The van der Waals surface area contributed by atoms with Gasteiger partial charge in [0.05, 0.1) is 10.5 Å². The summed E-state index contributed by atoms with van der Waals surface area (Å²) in [6.45, 7) is 0.971. The van der Waals surface area contributed by atoms with E-state index in [0.717, 1.165) is 0 Å². The molecule has 0 saturated carbocycles. The van der Waals surface area contributed by atoms with E-state index in [1.807, 2.05) is 0 Å². The van der Waals surface area contributed by atoms with Crippen LogP contribution in [-0.4, -0.2) is 35.4 Å². The first-order valence-corrected chi connectivity index (χ1v) is 5.05. The third-order valence-electron chi connectivity index (χ3n) is 2.37. The Morgan fingerprint density at radius 2 is 2.06 bits per heavy atom. The number of ketones is 1. The van der Waals surface area contributed by atoms with Crippen LogP contribution < -0.4 is 4.90 Å². The maximum absolute atomic E-state index is 11.3. The number of nitrogens with zero attached hydrogens (tertiary/aromatic N) is 2. The number of nitro groups is 1. The van der Waals surface area contributed by atoms with Crippen LogP contribution in [0.5, 0.6) is 0 Å². The summed E-state index contributed by atoms with van der Waals surface area (Å²) in [4.78, 5) is 33.4. The number of Topliss-reactive ketones (excluding diaryl/α,β-unsaturated/α-hetero) is 1. The Balaban J connectivity index is 3.18. The maximum Gasteiger partial charge on any atom is 0.323 e. The summed E-state index contributed by atoms with van der Waals surface area (Å²) in [5, 5.41) is 19.4. The minimum absolute atomic E-state index is 0.0326. The fourth-order valence-electron chi connectivity index (χ4n) is 1.50. The van der Waals surface area contributed by atoms with Gasteiger partial charge in [0, 0.05) is 18.8 Å². The average Bonchev–Trinajstić information content (AvgIpc) is 2.26. The summed E-state index contributed by atoms with van der Waals surface area (Å²) in [5.74, 6) is -1.47. The molecule has 7 nitrogen and oxygen atoms in total. The van der Waals surface area contributed by atoms with Crippen molar-refractivity contribution in [2.45, 2.75) is 6.92 Å². The van der Waals surface area contributed by atoms with Gasteiger partial charge in [-0.25, -0.2) is 0 Å². The third-order valence-corrected chi connectivity index (χ3v) is 2.37. The Kier molecular flexibility index (Phi) is 3.98. The summed E-state index contributed by atoms with van der Waals surface area (Å²) in [7, 11) is 1.53. The molecule has 18 heavy (non-hydrogen) atoms. The normalized spacial score (nSPS) is 9.89. The van der Waals surface area contributed by atoms with E-state index in [4.69, 9.17) is 5.11 Å². The van der Waals surface area contributed by atoms with Crippen molar-refractivity contribution in [2.24, 2.45) is 0 Å². The second kappa shape index (κ2) is 5.26. The Bertz CT molecular complexity index is 512. The van der Waals surface area contributed by atoms with Crippen LogP contribution >= 0.6 is 0 Å². The van der Waals surface area contributed by atoms with E-state index >= 15 is 0 Å². The number of rotatable bonds is 5. The lowest BCUT2D eigenvalue weighted by Gasteiger charge is -2.17. The second-order valence-electron chi connectivity index (χ2n) is 3.76. The molecular formula is C11H12N2O5. The molecule has 0 saturated heterocycles. The highest BCUT2D eigenvalue weighted by atomic mass is 16.6. The number of likely N-dealkylation sites (N-methyl/N-ethyl adjacent to an activating group) is 1. The Hall–Kier alpha value is -2.44. The fraction of sp³-hybridized carbons (Fsp3) is 0.273. The SMILES string of the molecule is CC(=O)c1cc(N(C)CC(=O)O)ccc1[N+](=O)[O-]. The summed E-state index contributed by atoms with van der Waals surface area (Å²) in [6.07, 6.45) is 0. The zero-order valence-electron chi connectivity index (χ0n) is 9.91. The van der Waals surface area contributed by atoms with Crippen LogP contribution in [0, 0.1) is 10.1 Å². The quantitative estimate of drug-likeness (QED) is 0.481. The van der Waals surface area contributed by atoms with Crippen LogP contribution in [0.25, 0.3) is 0 Å². The number of carboxylic acid groups (broad SMARTS) is 1. The Morgan fingerprint density at radius 3 is 2.50 bits per heavy atom. The van der Waals surface area contributed by atoms with Crippen molar-refractivity contribution in [3.8, 4) is 0 Å². The molecule has 0 aliphatic carbocycles. The number of carboxylic acids is 1. The minimum atomic E-state index is -1.03. The van der Waals surface area contributed by atoms with Gasteiger partial charge in [-0.2, -0.15) is 0 Å². The van der Waals surface area contributed by atoms with Gasteiger partial charge in [-0.1, -0.05) is 0 Å². The largest absolute Gasteiger partial charge is 0.480 e. The van der Waals surface area contributed by atoms with Gasteiger partial charge in [0.25, 0.3) is 5.69 Å². The van der Waals surface area contributed by atoms with Gasteiger partial charge in [-0.05, 0) is 19.1 Å². The smallest absolute Gasteiger partial charge is 0.323 e. The van der Waals surface area contributed by atoms with Gasteiger partial charge < -0.3 is 10.0 Å². The molecule has 0 aromatic heterocycles. The molecule has 1 aromatic carbocycles. The van der Waals surface area contributed by atoms with E-state index in [9.17, 15) is 19.7 Å². The molecule has 0 bridgehead atoms. The first kappa shape index (κ1) is 13.6. The molecule has 96 valence electrons. The van der Waals surface area contributed by atoms with Crippen molar-refractivity contribution in [3.63, 3.8) is 0 Å². The van der Waals surface area contributed by atoms with Crippen LogP contribution in [0.3, 0.4) is 0 Å². The molecule has 0 aliphatic rings. The van der Waals surface area contributed by atoms with Gasteiger partial charge in [-0.15, -0.1) is 0 Å². The first-order valence-electron chi connectivity index (χ1n) is 5.05. The molecule has 0 fully saturated rings. The fourth-order valence-corrected chi connectivity index (χ4v) is 1.50. The number of hydrogen-bond acceptors (Lipinski definition) is 5. The molecule has 7 heteroatoms. The first-order chi connectivity index (χ1) is 8.32. The van der Waals surface area contributed by atoms with E-state index in [1.165, 1.54) is 37.1 Å². The molecule has 0 spiro atoms. The van der Waals surface area contributed by atoms with Gasteiger partial charge in [-0.3, -0.25) is 19.7 Å². The topological polar surface area (TPSA) is 101 Å². The molecule has 1 rings (SSSR count). The highest BCUT2D eigenvalue weighted by Crippen LogP contribution is 2.24. The molecule has 0 radical (unpaired) electrons. The van der Waals surface area contributed by atoms with Gasteiger partial charge in [0.1, 0.15) is 6.54 Å². The number of anilines is 1. The monoisotopic (exact) mass is 252 g/mol. The van der Waals surface area contributed by atoms with Crippen molar-refractivity contribution in [1.29, 1.82) is 0 Å². The van der Waals surface area contributed by atoms with E-state index in [-0.39, 0.29) is 17.8 Å². The van der Waals surface area contributed by atoms with Crippen molar-refractivity contribution in [1.82, 2.24) is 0 Å². The molecule has 0 amide bonds. The van der Waals surface area contributed by atoms with E-state index in [0.29, 0.717) is 5.69 Å². The highest BCUT2D eigenvalue weighted by Gasteiger charge is 2.19. The van der Waals surface area contributed by atoms with Gasteiger partial charge >= 0.3 is 5.97 Å². The molecular weight excluding hydrogens is 240 g/mol. The number of aliphatic carboxylic acids is 1. The zero-order valence-corrected chi connectivity index (χ0v) is 9.91. The maximum atomic E-state index is 11.3. The van der Waals surface area contributed by atoms with Crippen LogP contribution in [-0.2, 0) is 4.79 Å². The van der Waals surface area contributed by atoms with Crippen molar-refractivity contribution in [3.05, 3.63) is 33.9 Å². The van der Waals surface area contributed by atoms with Crippen LogP contribution in [0.1, 0.15) is 17.3 Å². The summed E-state index contributed by atoms with van der Waals surface area (Å²) < 4.78 is 0. The van der Waals surface area contributed by atoms with Crippen LogP contribution in [0.4, 0.5) is 11.4 Å². The summed E-state index contributed by atoms with van der Waals surface area (Å²) in [6, 6.07) is 3.93. The predicted molar refractivity (Wildman–Crippen MR) is 64.0 cm³/mol. The highest BCUT2D eigenvalue weighted by molar-refractivity contribution is 5.99. The standard InChI is InChI=1S/C11H12N2O5/c1-7(14)9-5-8(12(2)6-11(15)16)3-4-10(9)13(17)18/h3-5H,6H2,1-2H3,(H,15,16).